The summed E-state index contributed by atoms with van der Waals surface area (Å²) in [6.45, 7) is 15.9. The van der Waals surface area contributed by atoms with Crippen molar-refractivity contribution in [1.82, 2.24) is 14.7 Å². The molecule has 0 saturated heterocycles. The number of hydrogen-bond acceptors (Lipinski definition) is 5. The number of hydrogen-bond donors (Lipinski definition) is 0. The van der Waals surface area contributed by atoms with Gasteiger partial charge in [-0.1, -0.05) is 65.5 Å². The first kappa shape index (κ1) is 38.4. The minimum Gasteiger partial charge on any atom is -0.462 e. The van der Waals surface area contributed by atoms with Gasteiger partial charge in [0, 0.05) is 30.2 Å². The number of nitrogens with zero attached hydrogens (tertiary/aromatic N) is 3. The molecule has 47 heavy (non-hydrogen) atoms. The van der Waals surface area contributed by atoms with Gasteiger partial charge in [0.15, 0.2) is 0 Å². The van der Waals surface area contributed by atoms with Crippen molar-refractivity contribution in [3.8, 4) is 0 Å². The van der Waals surface area contributed by atoms with Crippen molar-refractivity contribution >= 4 is 11.9 Å². The molecule has 6 heteroatoms. The molecular weight excluding hydrogens is 582 g/mol. The summed E-state index contributed by atoms with van der Waals surface area (Å²) in [5.74, 6) is 4.90. The third-order valence-electron chi connectivity index (χ3n) is 13.5. The van der Waals surface area contributed by atoms with Gasteiger partial charge in [0.25, 0.3) is 0 Å². The lowest BCUT2D eigenvalue weighted by atomic mass is 9.47. The molecule has 0 aromatic rings. The molecule has 0 N–H and O–H groups in total. The van der Waals surface area contributed by atoms with Crippen LogP contribution in [0.25, 0.3) is 0 Å². The molecule has 8 atom stereocenters. The standard InChI is InChI=1S/C41H73N3O3.3H2/c1-30(2)13-10-14-31(3)35-17-18-36-34-16-15-32-29-33(21-23-40(32,4)37(34)22-24-41(35,36)5)47-39(46)20-19-38(45)44(27-11-25-42(6)7)28-12-26-43(8)9;;;/h15,30-31,33-37H,10-14,16-29H2,1-9H3;3*1H/t31-,33+,34+,35?,36?,37?,40+,41-;;;/m1.../s1. The van der Waals surface area contributed by atoms with E-state index < -0.39 is 0 Å². The third kappa shape index (κ3) is 9.65. The van der Waals surface area contributed by atoms with Crippen LogP contribution in [0.4, 0.5) is 0 Å². The molecule has 0 heterocycles. The Morgan fingerprint density at radius 3 is 2.17 bits per heavy atom. The average Bonchev–Trinajstić information content (AvgIpc) is 3.36. The smallest absolute Gasteiger partial charge is 0.306 e. The van der Waals surface area contributed by atoms with Crippen molar-refractivity contribution in [2.75, 3.05) is 54.4 Å². The van der Waals surface area contributed by atoms with Crippen LogP contribution in [-0.2, 0) is 14.3 Å². The van der Waals surface area contributed by atoms with E-state index in [0.29, 0.717) is 5.41 Å². The Bertz CT molecular complexity index is 1060. The molecule has 1 amide bonds. The molecule has 3 fully saturated rings. The van der Waals surface area contributed by atoms with Gasteiger partial charge in [-0.2, -0.15) is 0 Å². The molecule has 4 aliphatic carbocycles. The number of esters is 1. The molecule has 0 bridgehead atoms. The summed E-state index contributed by atoms with van der Waals surface area (Å²) in [6, 6.07) is 0. The Kier molecular flexibility index (Phi) is 13.9. The quantitative estimate of drug-likeness (QED) is 0.115. The zero-order chi connectivity index (χ0) is 34.4. The largest absolute Gasteiger partial charge is 0.462 e. The van der Waals surface area contributed by atoms with Gasteiger partial charge < -0.3 is 19.4 Å². The lowest BCUT2D eigenvalue weighted by molar-refractivity contribution is -0.153. The topological polar surface area (TPSA) is 53.1 Å². The van der Waals surface area contributed by atoms with Gasteiger partial charge in [-0.05, 0) is 145 Å². The second-order valence-corrected chi connectivity index (χ2v) is 17.8. The first-order valence-corrected chi connectivity index (χ1v) is 19.7. The lowest BCUT2D eigenvalue weighted by Crippen LogP contribution is -2.51. The lowest BCUT2D eigenvalue weighted by Gasteiger charge is -2.58. The molecule has 276 valence electrons. The normalized spacial score (nSPS) is 32.5. The van der Waals surface area contributed by atoms with Gasteiger partial charge in [-0.15, -0.1) is 0 Å². The molecule has 4 aliphatic rings. The predicted octanol–water partition coefficient (Wildman–Crippen LogP) is 9.19. The maximum absolute atomic E-state index is 13.2. The average molecular weight is 662 g/mol. The zero-order valence-corrected chi connectivity index (χ0v) is 32.1. The SMILES string of the molecule is CC(C)CCC[C@@H](C)C1CCC2[C@@H]3CC=C4C[C@@H](OC(=O)CCC(=O)N(CCCN(C)C)CCCN(C)C)CC[C@]4(C)C3CC[C@@]21C.[HH].[HH].[HH]. The number of amides is 1. The predicted molar refractivity (Wildman–Crippen MR) is 201 cm³/mol. The fraction of sp³-hybridized carbons (Fsp3) is 0.902. The van der Waals surface area contributed by atoms with Gasteiger partial charge >= 0.3 is 5.97 Å². The van der Waals surface area contributed by atoms with E-state index in [9.17, 15) is 9.59 Å². The molecular formula is C41H79N3O3. The highest BCUT2D eigenvalue weighted by Gasteiger charge is 2.59. The van der Waals surface area contributed by atoms with Crippen molar-refractivity contribution < 1.29 is 18.6 Å². The van der Waals surface area contributed by atoms with Crippen molar-refractivity contribution in [2.45, 2.75) is 137 Å². The van der Waals surface area contributed by atoms with Gasteiger partial charge in [0.1, 0.15) is 6.10 Å². The van der Waals surface area contributed by atoms with Crippen LogP contribution < -0.4 is 0 Å². The van der Waals surface area contributed by atoms with Gasteiger partial charge in [0.05, 0.1) is 6.42 Å². The molecule has 0 aromatic heterocycles. The second-order valence-electron chi connectivity index (χ2n) is 17.8. The number of rotatable bonds is 17. The van der Waals surface area contributed by atoms with Crippen LogP contribution in [0.1, 0.15) is 135 Å². The molecule has 4 rings (SSSR count). The van der Waals surface area contributed by atoms with E-state index in [1.807, 2.05) is 4.90 Å². The third-order valence-corrected chi connectivity index (χ3v) is 13.5. The number of carbonyl (C=O) groups is 2. The van der Waals surface area contributed by atoms with E-state index in [1.165, 1.54) is 51.4 Å². The number of allylic oxidation sites excluding steroid dienone is 1. The van der Waals surface area contributed by atoms with E-state index >= 15 is 0 Å². The number of ether oxygens (including phenoxy) is 1. The highest BCUT2D eigenvalue weighted by molar-refractivity contribution is 5.81. The van der Waals surface area contributed by atoms with E-state index in [4.69, 9.17) is 4.74 Å². The van der Waals surface area contributed by atoms with Crippen molar-refractivity contribution in [3.63, 3.8) is 0 Å². The summed E-state index contributed by atoms with van der Waals surface area (Å²) in [4.78, 5) is 32.5. The summed E-state index contributed by atoms with van der Waals surface area (Å²) in [5, 5.41) is 0. The van der Waals surface area contributed by atoms with Gasteiger partial charge in [-0.25, -0.2) is 0 Å². The first-order chi connectivity index (χ1) is 22.2. The Labute approximate surface area is 294 Å². The second kappa shape index (κ2) is 17.0. The Morgan fingerprint density at radius 2 is 1.53 bits per heavy atom. The van der Waals surface area contributed by atoms with Crippen molar-refractivity contribution in [1.29, 1.82) is 0 Å². The van der Waals surface area contributed by atoms with Gasteiger partial charge in [0.2, 0.25) is 5.91 Å². The summed E-state index contributed by atoms with van der Waals surface area (Å²) < 4.78 is 6.09. The van der Waals surface area contributed by atoms with Crippen LogP contribution >= 0.6 is 0 Å². The fourth-order valence-corrected chi connectivity index (χ4v) is 10.9. The van der Waals surface area contributed by atoms with E-state index in [2.05, 4.69) is 78.7 Å². The summed E-state index contributed by atoms with van der Waals surface area (Å²) in [6.07, 6.45) is 18.9. The zero-order valence-electron chi connectivity index (χ0n) is 32.1. The van der Waals surface area contributed by atoms with Crippen LogP contribution in [-0.4, -0.2) is 87.0 Å². The Hall–Kier alpha value is -1.40. The summed E-state index contributed by atoms with van der Waals surface area (Å²) in [7, 11) is 8.26. The summed E-state index contributed by atoms with van der Waals surface area (Å²) in [5.41, 5.74) is 2.33. The monoisotopic (exact) mass is 662 g/mol. The molecule has 3 unspecified atom stereocenters. The van der Waals surface area contributed by atoms with E-state index in [1.54, 1.807) is 5.57 Å². The van der Waals surface area contributed by atoms with Crippen molar-refractivity contribution in [3.05, 3.63) is 11.6 Å². The Morgan fingerprint density at radius 1 is 0.851 bits per heavy atom. The summed E-state index contributed by atoms with van der Waals surface area (Å²) >= 11 is 0. The highest BCUT2D eigenvalue weighted by Crippen LogP contribution is 2.67. The van der Waals surface area contributed by atoms with Crippen LogP contribution in [0.5, 0.6) is 0 Å². The van der Waals surface area contributed by atoms with E-state index in [-0.39, 0.29) is 40.5 Å². The minimum atomic E-state index is -0.198. The van der Waals surface area contributed by atoms with Crippen LogP contribution in [0.2, 0.25) is 0 Å². The van der Waals surface area contributed by atoms with Crippen LogP contribution in [0.15, 0.2) is 11.6 Å². The molecule has 0 radical (unpaired) electrons. The van der Waals surface area contributed by atoms with E-state index in [0.717, 1.165) is 93.8 Å². The number of carbonyl (C=O) groups excluding carboxylic acids is 2. The molecule has 0 aliphatic heterocycles. The molecule has 6 nitrogen and oxygen atoms in total. The maximum Gasteiger partial charge on any atom is 0.306 e. The maximum atomic E-state index is 13.2. The Balaban J connectivity index is 0.00000417. The van der Waals surface area contributed by atoms with Gasteiger partial charge in [-0.3, -0.25) is 9.59 Å². The van der Waals surface area contributed by atoms with Crippen molar-refractivity contribution in [2.24, 2.45) is 46.3 Å². The fourth-order valence-electron chi connectivity index (χ4n) is 10.9. The molecule has 3 saturated carbocycles. The minimum absolute atomic E-state index is 0. The molecule has 0 aromatic carbocycles. The molecule has 0 spiro atoms. The first-order valence-electron chi connectivity index (χ1n) is 19.7. The van der Waals surface area contributed by atoms with Crippen LogP contribution in [0, 0.1) is 46.3 Å². The van der Waals surface area contributed by atoms with Crippen LogP contribution in [0.3, 0.4) is 0 Å². The number of fused-ring (bicyclic) bond motifs is 5. The highest BCUT2D eigenvalue weighted by atomic mass is 16.5.